The number of Topliss-reactive ketones (excluding diaryl/α,β-unsaturated/α-hetero) is 1. The lowest BCUT2D eigenvalue weighted by atomic mass is 9.93. The molecule has 4 atom stereocenters. The molecule has 150 valence electrons. The number of aliphatic hydroxyl groups excluding tert-OH is 4. The van der Waals surface area contributed by atoms with Crippen molar-refractivity contribution in [1.82, 2.24) is 0 Å². The highest BCUT2D eigenvalue weighted by Gasteiger charge is 2.37. The molecule has 0 saturated carbocycles. The van der Waals surface area contributed by atoms with Gasteiger partial charge in [-0.2, -0.15) is 0 Å². The van der Waals surface area contributed by atoms with Crippen molar-refractivity contribution in [2.45, 2.75) is 24.4 Å². The van der Waals surface area contributed by atoms with Gasteiger partial charge >= 0.3 is 7.82 Å². The predicted molar refractivity (Wildman–Crippen MR) is 83.9 cm³/mol. The van der Waals surface area contributed by atoms with Crippen LogP contribution in [0.5, 0.6) is 11.5 Å². The highest BCUT2D eigenvalue weighted by Crippen LogP contribution is 2.38. The average Bonchev–Trinajstić information content (AvgIpc) is 3.09. The molecule has 12 nitrogen and oxygen atoms in total. The molecule has 0 aliphatic carbocycles. The van der Waals surface area contributed by atoms with Crippen molar-refractivity contribution in [3.63, 3.8) is 0 Å². The van der Waals surface area contributed by atoms with E-state index < -0.39 is 44.6 Å². The van der Waals surface area contributed by atoms with E-state index in [1.807, 2.05) is 0 Å². The number of hydrogen-bond donors (Lipinski definition) is 6. The molecule has 6 N–H and O–H groups in total. The molecule has 0 saturated heterocycles. The normalized spacial score (nSPS) is 17.9. The van der Waals surface area contributed by atoms with Gasteiger partial charge in [0, 0.05) is 5.56 Å². The minimum absolute atomic E-state index is 0.0938. The first-order valence-corrected chi connectivity index (χ1v) is 8.92. The Hall–Kier alpha value is -1.89. The van der Waals surface area contributed by atoms with Gasteiger partial charge in [-0.25, -0.2) is 4.57 Å². The van der Waals surface area contributed by atoms with E-state index in [4.69, 9.17) is 19.3 Å². The monoisotopic (exact) mass is 408 g/mol. The Morgan fingerprint density at radius 1 is 1.15 bits per heavy atom. The average molecular weight is 408 g/mol. The summed E-state index contributed by atoms with van der Waals surface area (Å²) in [5.74, 6) is -0.950. The van der Waals surface area contributed by atoms with Crippen molar-refractivity contribution < 1.29 is 58.4 Å². The van der Waals surface area contributed by atoms with Gasteiger partial charge in [0.25, 0.3) is 0 Å². The zero-order valence-corrected chi connectivity index (χ0v) is 14.4. The zero-order chi connectivity index (χ0) is 20.4. The third-order valence-electron chi connectivity index (χ3n) is 3.73. The summed E-state index contributed by atoms with van der Waals surface area (Å²) in [4.78, 5) is 39.8. The first kappa shape index (κ1) is 21.4. The van der Waals surface area contributed by atoms with Gasteiger partial charge in [-0.05, 0) is 17.7 Å². The van der Waals surface area contributed by atoms with E-state index in [0.29, 0.717) is 6.29 Å². The van der Waals surface area contributed by atoms with Gasteiger partial charge in [-0.1, -0.05) is 0 Å². The van der Waals surface area contributed by atoms with E-state index in [0.717, 1.165) is 0 Å². The molecule has 27 heavy (non-hydrogen) atoms. The number of phosphoric ester groups is 1. The van der Waals surface area contributed by atoms with Gasteiger partial charge in [-0.15, -0.1) is 0 Å². The number of ketones is 1. The number of carbonyl (C=O) groups is 2. The van der Waals surface area contributed by atoms with Gasteiger partial charge in [0.05, 0.1) is 0 Å². The van der Waals surface area contributed by atoms with Crippen molar-refractivity contribution in [1.29, 1.82) is 0 Å². The number of rotatable bonds is 9. The number of benzene rings is 1. The minimum atomic E-state index is -4.99. The second-order valence-corrected chi connectivity index (χ2v) is 6.79. The second kappa shape index (κ2) is 8.42. The molecule has 0 aromatic heterocycles. The third kappa shape index (κ3) is 5.09. The van der Waals surface area contributed by atoms with Crippen molar-refractivity contribution in [3.8, 4) is 11.5 Å². The van der Waals surface area contributed by atoms with E-state index in [9.17, 15) is 34.6 Å². The number of carbonyl (C=O) groups excluding carboxylic acids is 2. The van der Waals surface area contributed by atoms with Crippen molar-refractivity contribution in [2.75, 3.05) is 13.4 Å². The van der Waals surface area contributed by atoms with Crippen LogP contribution in [0.4, 0.5) is 0 Å². The largest absolute Gasteiger partial charge is 0.470 e. The highest BCUT2D eigenvalue weighted by atomic mass is 31.2. The van der Waals surface area contributed by atoms with Gasteiger partial charge in [0.2, 0.25) is 6.79 Å². The second-order valence-electron chi connectivity index (χ2n) is 5.55. The fourth-order valence-corrected chi connectivity index (χ4v) is 2.61. The Morgan fingerprint density at radius 3 is 2.30 bits per heavy atom. The van der Waals surface area contributed by atoms with Crippen LogP contribution in [0.1, 0.15) is 22.0 Å². The predicted octanol–water partition coefficient (Wildman–Crippen LogP) is -1.98. The number of aldehydes is 1. The first-order valence-electron chi connectivity index (χ1n) is 7.39. The van der Waals surface area contributed by atoms with Gasteiger partial charge in [0.1, 0.15) is 31.0 Å². The maximum Gasteiger partial charge on any atom is 0.470 e. The zero-order valence-electron chi connectivity index (χ0n) is 13.5. The molecule has 0 fully saturated rings. The van der Waals surface area contributed by atoms with E-state index in [-0.39, 0.29) is 29.4 Å². The highest BCUT2D eigenvalue weighted by molar-refractivity contribution is 7.46. The first-order chi connectivity index (χ1) is 12.5. The fourth-order valence-electron chi connectivity index (χ4n) is 2.31. The summed E-state index contributed by atoms with van der Waals surface area (Å²) in [6.45, 7) is -1.36. The maximum absolute atomic E-state index is 11.6. The van der Waals surface area contributed by atoms with E-state index in [2.05, 4.69) is 4.52 Å². The molecule has 1 aromatic rings. The van der Waals surface area contributed by atoms with Crippen LogP contribution in [0.15, 0.2) is 12.1 Å². The molecule has 0 amide bonds. The molecular formula is C14H17O12P. The Morgan fingerprint density at radius 2 is 1.74 bits per heavy atom. The molecule has 0 radical (unpaired) electrons. The summed E-state index contributed by atoms with van der Waals surface area (Å²) in [6, 6.07) is 2.43. The number of ether oxygens (including phenoxy) is 2. The van der Waals surface area contributed by atoms with Crippen LogP contribution in [0.3, 0.4) is 0 Å². The summed E-state index contributed by atoms with van der Waals surface area (Å²) >= 11 is 0. The van der Waals surface area contributed by atoms with Crippen LogP contribution in [0.25, 0.3) is 0 Å². The summed E-state index contributed by atoms with van der Waals surface area (Å²) in [5, 5.41) is 39.9. The van der Waals surface area contributed by atoms with Gasteiger partial charge < -0.3 is 39.7 Å². The molecule has 0 bridgehead atoms. The Labute approximate surface area is 151 Å². The minimum Gasteiger partial charge on any atom is -0.454 e. The number of fused-ring (bicyclic) bond motifs is 1. The Balaban J connectivity index is 2.14. The molecule has 1 aromatic carbocycles. The fraction of sp³-hybridized carbons (Fsp3) is 0.429. The van der Waals surface area contributed by atoms with E-state index >= 15 is 0 Å². The molecule has 0 unspecified atom stereocenters. The number of aliphatic hydroxyl groups is 4. The third-order valence-corrected chi connectivity index (χ3v) is 4.19. The Bertz CT molecular complexity index is 759. The Kier molecular flexibility index (Phi) is 6.68. The molecule has 13 heteroatoms. The van der Waals surface area contributed by atoms with E-state index in [1.54, 1.807) is 0 Å². The lowest BCUT2D eigenvalue weighted by Gasteiger charge is -2.26. The summed E-state index contributed by atoms with van der Waals surface area (Å²) in [5.41, 5.74) is -0.254. The van der Waals surface area contributed by atoms with Crippen molar-refractivity contribution in [3.05, 3.63) is 23.3 Å². The SMILES string of the molecule is O=Cc1cc2c(cc1[C@@H](O)[C@@H](O)[C@H](O)[C@@H](O)C(=O)COP(=O)(O)O)OCO2. The summed E-state index contributed by atoms with van der Waals surface area (Å²) in [7, 11) is -4.99. The molecule has 2 rings (SSSR count). The van der Waals surface area contributed by atoms with E-state index in [1.165, 1.54) is 12.1 Å². The molecular weight excluding hydrogens is 391 g/mol. The maximum atomic E-state index is 11.6. The lowest BCUT2D eigenvalue weighted by Crippen LogP contribution is -2.46. The summed E-state index contributed by atoms with van der Waals surface area (Å²) < 4.78 is 24.6. The molecule has 1 aliphatic rings. The van der Waals surface area contributed by atoms with Gasteiger partial charge in [0.15, 0.2) is 23.6 Å². The van der Waals surface area contributed by atoms with Crippen LogP contribution in [-0.4, -0.2) is 74.0 Å². The van der Waals surface area contributed by atoms with Crippen molar-refractivity contribution in [2.24, 2.45) is 0 Å². The van der Waals surface area contributed by atoms with Crippen LogP contribution < -0.4 is 9.47 Å². The topological polar surface area (TPSA) is 200 Å². The quantitative estimate of drug-likeness (QED) is 0.195. The van der Waals surface area contributed by atoms with Crippen LogP contribution in [0.2, 0.25) is 0 Å². The van der Waals surface area contributed by atoms with Crippen molar-refractivity contribution >= 4 is 19.9 Å². The number of hydrogen-bond acceptors (Lipinski definition) is 10. The lowest BCUT2D eigenvalue weighted by molar-refractivity contribution is -0.147. The summed E-state index contributed by atoms with van der Waals surface area (Å²) in [6.07, 6.45) is -8.28. The van der Waals surface area contributed by atoms with Crippen LogP contribution >= 0.6 is 7.82 Å². The molecule has 1 aliphatic heterocycles. The molecule has 1 heterocycles. The van der Waals surface area contributed by atoms with Crippen LogP contribution in [-0.2, 0) is 13.9 Å². The molecule has 0 spiro atoms. The van der Waals surface area contributed by atoms with Crippen LogP contribution in [0, 0.1) is 0 Å². The smallest absolute Gasteiger partial charge is 0.454 e. The van der Waals surface area contributed by atoms with Gasteiger partial charge in [-0.3, -0.25) is 14.1 Å². The number of phosphoric acid groups is 1. The standard InChI is InChI=1S/C14H17O12P/c15-3-6-1-9-10(25-5-24-9)2-7(6)11(17)13(19)14(20)12(18)8(16)4-26-27(21,22)23/h1-3,11-14,17-20H,4-5H2,(H2,21,22,23)/t11-,12+,13-,14-/m1/s1.